The first-order chi connectivity index (χ1) is 17.9. The number of amides is 1. The molecule has 5 heterocycles. The van der Waals surface area contributed by atoms with Crippen LogP contribution in [0.5, 0.6) is 0 Å². The van der Waals surface area contributed by atoms with Crippen molar-refractivity contribution in [3.63, 3.8) is 0 Å². The Labute approximate surface area is 215 Å². The molecule has 0 atom stereocenters. The van der Waals surface area contributed by atoms with E-state index in [0.29, 0.717) is 36.9 Å². The van der Waals surface area contributed by atoms with Gasteiger partial charge in [0.2, 0.25) is 6.41 Å². The SMILES string of the molecule is CN1CCC(n2nc(N3CCCc4cc(-c5ccn(C)n5)c(C(F)F)cc43)c3c2CCN(C=O)C3)CC1. The molecule has 6 rings (SSSR count). The predicted molar refractivity (Wildman–Crippen MR) is 137 cm³/mol. The van der Waals surface area contributed by atoms with Gasteiger partial charge in [-0.25, -0.2) is 8.78 Å². The maximum absolute atomic E-state index is 14.3. The molecule has 1 saturated heterocycles. The molecule has 10 heteroatoms. The summed E-state index contributed by atoms with van der Waals surface area (Å²) in [6.45, 7) is 3.93. The Bertz CT molecular complexity index is 1310. The summed E-state index contributed by atoms with van der Waals surface area (Å²) >= 11 is 0. The second-order valence-electron chi connectivity index (χ2n) is 10.6. The highest BCUT2D eigenvalue weighted by Gasteiger charge is 2.33. The smallest absolute Gasteiger partial charge is 0.264 e. The van der Waals surface area contributed by atoms with Gasteiger partial charge >= 0.3 is 0 Å². The molecule has 1 aromatic carbocycles. The Morgan fingerprint density at radius 3 is 2.57 bits per heavy atom. The third kappa shape index (κ3) is 4.31. The number of likely N-dealkylation sites (tertiary alicyclic amines) is 1. The Balaban J connectivity index is 1.45. The number of anilines is 2. The molecule has 8 nitrogen and oxygen atoms in total. The summed E-state index contributed by atoms with van der Waals surface area (Å²) in [5.41, 5.74) is 5.10. The van der Waals surface area contributed by atoms with Gasteiger partial charge in [0.15, 0.2) is 5.82 Å². The first-order valence-electron chi connectivity index (χ1n) is 13.1. The van der Waals surface area contributed by atoms with Gasteiger partial charge in [0, 0.05) is 60.8 Å². The van der Waals surface area contributed by atoms with Crippen LogP contribution >= 0.6 is 0 Å². The highest BCUT2D eigenvalue weighted by molar-refractivity contribution is 5.76. The Kier molecular flexibility index (Phi) is 6.22. The normalized spacial score (nSPS) is 18.8. The van der Waals surface area contributed by atoms with E-state index in [1.165, 1.54) is 5.69 Å². The molecule has 1 fully saturated rings. The lowest BCUT2D eigenvalue weighted by Gasteiger charge is -2.33. The van der Waals surface area contributed by atoms with Crippen LogP contribution in [0.4, 0.5) is 20.3 Å². The topological polar surface area (TPSA) is 62.4 Å². The molecule has 1 amide bonds. The summed E-state index contributed by atoms with van der Waals surface area (Å²) in [6, 6.07) is 5.63. The number of halogens is 2. The number of hydrogen-bond donors (Lipinski definition) is 0. The first kappa shape index (κ1) is 24.1. The van der Waals surface area contributed by atoms with E-state index in [2.05, 4.69) is 26.6 Å². The third-order valence-corrected chi connectivity index (χ3v) is 8.13. The quantitative estimate of drug-likeness (QED) is 0.485. The minimum Gasteiger partial charge on any atom is -0.340 e. The zero-order valence-electron chi connectivity index (χ0n) is 21.4. The fraction of sp³-hybridized carbons (Fsp3) is 0.519. The van der Waals surface area contributed by atoms with E-state index < -0.39 is 6.43 Å². The zero-order chi connectivity index (χ0) is 25.7. The molecule has 2 aromatic heterocycles. The van der Waals surface area contributed by atoms with Gasteiger partial charge < -0.3 is 14.7 Å². The van der Waals surface area contributed by atoms with Crippen molar-refractivity contribution in [3.05, 3.63) is 46.8 Å². The second-order valence-corrected chi connectivity index (χ2v) is 10.6. The van der Waals surface area contributed by atoms with E-state index in [0.717, 1.165) is 74.2 Å². The zero-order valence-corrected chi connectivity index (χ0v) is 21.4. The van der Waals surface area contributed by atoms with Crippen molar-refractivity contribution in [2.24, 2.45) is 7.05 Å². The monoisotopic (exact) mass is 509 g/mol. The van der Waals surface area contributed by atoms with Crippen LogP contribution in [-0.2, 0) is 31.2 Å². The molecular formula is C27H33F2N7O. The molecule has 0 radical (unpaired) electrons. The maximum atomic E-state index is 14.3. The van der Waals surface area contributed by atoms with Crippen LogP contribution in [0, 0.1) is 0 Å². The summed E-state index contributed by atoms with van der Waals surface area (Å²) in [6.07, 6.45) is 4.58. The number of rotatable bonds is 5. The van der Waals surface area contributed by atoms with Crippen molar-refractivity contribution in [3.8, 4) is 11.3 Å². The summed E-state index contributed by atoms with van der Waals surface area (Å²) < 4.78 is 32.5. The van der Waals surface area contributed by atoms with E-state index in [1.807, 2.05) is 6.07 Å². The molecule has 0 spiro atoms. The fourth-order valence-electron chi connectivity index (χ4n) is 6.13. The Hall–Kier alpha value is -3.27. The molecule has 0 unspecified atom stereocenters. The van der Waals surface area contributed by atoms with Crippen LogP contribution in [0.15, 0.2) is 24.4 Å². The lowest BCUT2D eigenvalue weighted by Crippen LogP contribution is -2.34. The minimum atomic E-state index is -2.62. The molecule has 0 aliphatic carbocycles. The number of carbonyl (C=O) groups excluding carboxylic acids is 1. The van der Waals surface area contributed by atoms with Gasteiger partial charge in [0.25, 0.3) is 6.43 Å². The maximum Gasteiger partial charge on any atom is 0.264 e. The molecule has 196 valence electrons. The molecular weight excluding hydrogens is 476 g/mol. The Morgan fingerprint density at radius 1 is 1.05 bits per heavy atom. The predicted octanol–water partition coefficient (Wildman–Crippen LogP) is 4.09. The number of aryl methyl sites for hydroxylation is 2. The second kappa shape index (κ2) is 9.55. The van der Waals surface area contributed by atoms with Gasteiger partial charge in [-0.2, -0.15) is 10.2 Å². The Morgan fingerprint density at radius 2 is 1.86 bits per heavy atom. The first-order valence-corrected chi connectivity index (χ1v) is 13.1. The molecule has 3 aliphatic rings. The summed E-state index contributed by atoms with van der Waals surface area (Å²) in [4.78, 5) is 17.9. The van der Waals surface area contributed by atoms with E-state index in [-0.39, 0.29) is 5.56 Å². The van der Waals surface area contributed by atoms with Crippen LogP contribution in [0.1, 0.15) is 54.1 Å². The summed E-state index contributed by atoms with van der Waals surface area (Å²) in [5, 5.41) is 9.57. The van der Waals surface area contributed by atoms with Crippen LogP contribution in [-0.4, -0.2) is 69.0 Å². The summed E-state index contributed by atoms with van der Waals surface area (Å²) in [7, 11) is 3.94. The molecule has 37 heavy (non-hydrogen) atoms. The molecule has 3 aromatic rings. The van der Waals surface area contributed by atoms with Gasteiger partial charge in [0.1, 0.15) is 0 Å². The average molecular weight is 510 g/mol. The highest BCUT2D eigenvalue weighted by atomic mass is 19.3. The third-order valence-electron chi connectivity index (χ3n) is 8.13. The van der Waals surface area contributed by atoms with Crippen molar-refractivity contribution in [2.45, 2.75) is 51.1 Å². The number of alkyl halides is 2. The van der Waals surface area contributed by atoms with Crippen LogP contribution in [0.2, 0.25) is 0 Å². The van der Waals surface area contributed by atoms with Gasteiger partial charge in [-0.3, -0.25) is 14.2 Å². The van der Waals surface area contributed by atoms with Crippen LogP contribution in [0.3, 0.4) is 0 Å². The number of piperidine rings is 1. The van der Waals surface area contributed by atoms with Crippen molar-refractivity contribution < 1.29 is 13.6 Å². The lowest BCUT2D eigenvalue weighted by molar-refractivity contribution is -0.118. The van der Waals surface area contributed by atoms with Crippen molar-refractivity contribution in [1.82, 2.24) is 29.4 Å². The largest absolute Gasteiger partial charge is 0.340 e. The number of aromatic nitrogens is 4. The van der Waals surface area contributed by atoms with Gasteiger partial charge in [0.05, 0.1) is 18.3 Å². The number of carbonyl (C=O) groups is 1. The minimum absolute atomic E-state index is 0.0116. The van der Waals surface area contributed by atoms with E-state index in [1.54, 1.807) is 35.0 Å². The van der Waals surface area contributed by atoms with Crippen LogP contribution < -0.4 is 4.90 Å². The number of hydrogen-bond acceptors (Lipinski definition) is 5. The van der Waals surface area contributed by atoms with Crippen molar-refractivity contribution in [1.29, 1.82) is 0 Å². The van der Waals surface area contributed by atoms with Crippen molar-refractivity contribution in [2.75, 3.05) is 38.1 Å². The molecule has 0 N–H and O–H groups in total. The van der Waals surface area contributed by atoms with Gasteiger partial charge in [-0.05, 0) is 69.6 Å². The van der Waals surface area contributed by atoms with E-state index >= 15 is 0 Å². The molecule has 3 aliphatic heterocycles. The van der Waals surface area contributed by atoms with Crippen LogP contribution in [0.25, 0.3) is 11.3 Å². The summed E-state index contributed by atoms with van der Waals surface area (Å²) in [5.74, 6) is 0.812. The highest BCUT2D eigenvalue weighted by Crippen LogP contribution is 2.43. The van der Waals surface area contributed by atoms with Crippen molar-refractivity contribution >= 4 is 17.9 Å². The average Bonchev–Trinajstić information content (AvgIpc) is 3.51. The molecule has 0 bridgehead atoms. The number of fused-ring (bicyclic) bond motifs is 2. The fourth-order valence-corrected chi connectivity index (χ4v) is 6.13. The molecule has 0 saturated carbocycles. The van der Waals surface area contributed by atoms with Gasteiger partial charge in [-0.1, -0.05) is 0 Å². The number of nitrogens with zero attached hydrogens (tertiary/aromatic N) is 7. The van der Waals surface area contributed by atoms with E-state index in [4.69, 9.17) is 5.10 Å². The van der Waals surface area contributed by atoms with Gasteiger partial charge in [-0.15, -0.1) is 0 Å². The number of benzene rings is 1. The lowest BCUT2D eigenvalue weighted by atomic mass is 9.93. The van der Waals surface area contributed by atoms with E-state index in [9.17, 15) is 13.6 Å². The standard InChI is InChI=1S/C27H33F2N7O/c1-32-10-5-19(6-11-32)36-24-8-13-34(17-37)16-22(24)27(31-36)35-9-3-4-18-14-20(23-7-12-33(2)30-23)21(26(28)29)15-25(18)35/h7,12,14-15,17,19,26H,3-6,8-11,13,16H2,1-2H3.